The standard InChI is InChI=1S/C37H38Cl2FN5O5/c1-43-13-12-29-28(19-43)41-35(44(29)2)36(46)42-27-9-5-8-25(34(27)39)22-6-4-7-24-23(22)10-11-31(24)50-33-16-32(49-3)20(14-26(33)38)17-45-18-21(40)15-30(45)37(47)48/h4-9,14,16,21,30-31H,10-13,15,17-19H2,1-3H3,(H,42,46)(H,47,48). The third kappa shape index (κ3) is 6.43. The molecular weight excluding hydrogens is 684 g/mol. The van der Waals surface area contributed by atoms with E-state index in [4.69, 9.17) is 32.7 Å². The van der Waals surface area contributed by atoms with Crippen molar-refractivity contribution in [1.29, 1.82) is 0 Å². The molecule has 3 aliphatic rings. The number of aliphatic carboxylic acids is 1. The number of carbonyl (C=O) groups excluding carboxylic acids is 1. The molecule has 2 aliphatic heterocycles. The third-order valence-corrected chi connectivity index (χ3v) is 10.7. The minimum Gasteiger partial charge on any atom is -0.496 e. The van der Waals surface area contributed by atoms with Gasteiger partial charge in [0.25, 0.3) is 5.91 Å². The Labute approximate surface area is 299 Å². The van der Waals surface area contributed by atoms with Gasteiger partial charge in [-0.25, -0.2) is 9.37 Å². The number of fused-ring (bicyclic) bond motifs is 2. The van der Waals surface area contributed by atoms with Crippen LogP contribution in [0.3, 0.4) is 0 Å². The summed E-state index contributed by atoms with van der Waals surface area (Å²) < 4.78 is 28.1. The number of carboxylic acids is 1. The first-order valence-corrected chi connectivity index (χ1v) is 17.4. The summed E-state index contributed by atoms with van der Waals surface area (Å²) in [5.74, 6) is -0.109. The number of likely N-dealkylation sites (N-methyl/N-ethyl adjacent to an activating group) is 1. The van der Waals surface area contributed by atoms with E-state index in [2.05, 4.69) is 15.2 Å². The number of aromatic nitrogens is 2. The van der Waals surface area contributed by atoms with Crippen molar-refractivity contribution in [2.75, 3.05) is 32.6 Å². The number of anilines is 1. The third-order valence-electron chi connectivity index (χ3n) is 10.0. The first-order valence-electron chi connectivity index (χ1n) is 16.6. The molecule has 3 unspecified atom stereocenters. The van der Waals surface area contributed by atoms with Crippen molar-refractivity contribution in [2.45, 2.75) is 57.1 Å². The molecule has 1 aliphatic carbocycles. The van der Waals surface area contributed by atoms with E-state index in [1.807, 2.05) is 49.0 Å². The Bertz CT molecular complexity index is 1990. The molecule has 262 valence electrons. The van der Waals surface area contributed by atoms with Gasteiger partial charge in [-0.2, -0.15) is 0 Å². The van der Waals surface area contributed by atoms with Crippen LogP contribution in [0.25, 0.3) is 11.1 Å². The van der Waals surface area contributed by atoms with Gasteiger partial charge in [0.15, 0.2) is 5.82 Å². The van der Waals surface area contributed by atoms with E-state index in [0.717, 1.165) is 53.0 Å². The molecule has 0 bridgehead atoms. The lowest BCUT2D eigenvalue weighted by atomic mass is 9.96. The van der Waals surface area contributed by atoms with E-state index in [1.165, 1.54) is 7.11 Å². The quantitative estimate of drug-likeness (QED) is 0.197. The minimum absolute atomic E-state index is 0.0281. The number of imidazole rings is 1. The Balaban J connectivity index is 1.11. The molecule has 0 saturated carbocycles. The smallest absolute Gasteiger partial charge is 0.321 e. The van der Waals surface area contributed by atoms with Crippen LogP contribution in [0.4, 0.5) is 10.1 Å². The number of hydrogen-bond acceptors (Lipinski definition) is 7. The number of hydrogen-bond donors (Lipinski definition) is 2. The van der Waals surface area contributed by atoms with Gasteiger partial charge in [0.05, 0.1) is 28.5 Å². The number of rotatable bonds is 9. The highest BCUT2D eigenvalue weighted by Gasteiger charge is 2.37. The van der Waals surface area contributed by atoms with Crippen LogP contribution in [0.2, 0.25) is 10.0 Å². The van der Waals surface area contributed by atoms with Crippen LogP contribution in [-0.4, -0.2) is 75.8 Å². The molecule has 7 rings (SSSR count). The highest BCUT2D eigenvalue weighted by molar-refractivity contribution is 6.36. The van der Waals surface area contributed by atoms with Crippen LogP contribution in [0.1, 0.15) is 57.6 Å². The number of ether oxygens (including phenoxy) is 2. The molecule has 0 radical (unpaired) electrons. The summed E-state index contributed by atoms with van der Waals surface area (Å²) in [6, 6.07) is 14.1. The fourth-order valence-corrected chi connectivity index (χ4v) is 8.00. The molecule has 3 atom stereocenters. The molecule has 1 amide bonds. The molecule has 13 heteroatoms. The second kappa shape index (κ2) is 13.9. The summed E-state index contributed by atoms with van der Waals surface area (Å²) in [4.78, 5) is 33.6. The normalized spacial score (nSPS) is 20.4. The number of likely N-dealkylation sites (tertiary alicyclic amines) is 1. The van der Waals surface area contributed by atoms with E-state index in [0.29, 0.717) is 51.6 Å². The Hall–Kier alpha value is -4.16. The zero-order valence-corrected chi connectivity index (χ0v) is 29.5. The summed E-state index contributed by atoms with van der Waals surface area (Å²) in [6.45, 7) is 1.83. The van der Waals surface area contributed by atoms with Crippen molar-refractivity contribution in [3.63, 3.8) is 0 Å². The number of amides is 1. The van der Waals surface area contributed by atoms with Crippen molar-refractivity contribution in [2.24, 2.45) is 7.05 Å². The number of carbonyl (C=O) groups is 2. The molecular formula is C37H38Cl2FN5O5. The number of alkyl halides is 1. The fraction of sp³-hybridized carbons (Fsp3) is 0.378. The number of halogens is 3. The van der Waals surface area contributed by atoms with Crippen LogP contribution >= 0.6 is 23.2 Å². The highest BCUT2D eigenvalue weighted by Crippen LogP contribution is 2.45. The van der Waals surface area contributed by atoms with Gasteiger partial charge in [-0.1, -0.05) is 53.5 Å². The van der Waals surface area contributed by atoms with E-state index < -0.39 is 18.2 Å². The van der Waals surface area contributed by atoms with Gasteiger partial charge < -0.3 is 29.4 Å². The van der Waals surface area contributed by atoms with Crippen molar-refractivity contribution >= 4 is 40.8 Å². The molecule has 3 aromatic carbocycles. The highest BCUT2D eigenvalue weighted by atomic mass is 35.5. The summed E-state index contributed by atoms with van der Waals surface area (Å²) in [7, 11) is 5.44. The van der Waals surface area contributed by atoms with Crippen LogP contribution in [0, 0.1) is 0 Å². The van der Waals surface area contributed by atoms with Gasteiger partial charge in [0, 0.05) is 69.0 Å². The van der Waals surface area contributed by atoms with Crippen LogP contribution in [-0.2, 0) is 37.8 Å². The zero-order chi connectivity index (χ0) is 35.3. The van der Waals surface area contributed by atoms with E-state index in [1.54, 1.807) is 23.1 Å². The molecule has 10 nitrogen and oxygen atoms in total. The van der Waals surface area contributed by atoms with Gasteiger partial charge in [-0.15, -0.1) is 0 Å². The van der Waals surface area contributed by atoms with Gasteiger partial charge in [-0.05, 0) is 48.7 Å². The van der Waals surface area contributed by atoms with E-state index >= 15 is 0 Å². The minimum atomic E-state index is -1.21. The predicted molar refractivity (Wildman–Crippen MR) is 189 cm³/mol. The molecule has 1 saturated heterocycles. The lowest BCUT2D eigenvalue weighted by Crippen LogP contribution is -2.35. The first kappa shape index (κ1) is 34.3. The number of carboxylic acid groups (broad SMARTS) is 1. The van der Waals surface area contributed by atoms with Gasteiger partial charge in [0.1, 0.15) is 29.8 Å². The topological polar surface area (TPSA) is 109 Å². The monoisotopic (exact) mass is 721 g/mol. The summed E-state index contributed by atoms with van der Waals surface area (Å²) in [5, 5.41) is 13.3. The second-order valence-electron chi connectivity index (χ2n) is 13.2. The van der Waals surface area contributed by atoms with Gasteiger partial charge in [0.2, 0.25) is 0 Å². The van der Waals surface area contributed by atoms with Crippen molar-refractivity contribution < 1.29 is 28.6 Å². The molecule has 1 fully saturated rings. The molecule has 2 N–H and O–H groups in total. The van der Waals surface area contributed by atoms with E-state index in [9.17, 15) is 19.1 Å². The maximum Gasteiger partial charge on any atom is 0.321 e. The number of benzene rings is 3. The Morgan fingerprint density at radius 2 is 1.86 bits per heavy atom. The molecule has 4 aromatic rings. The molecule has 0 spiro atoms. The fourth-order valence-electron chi connectivity index (χ4n) is 7.50. The van der Waals surface area contributed by atoms with Gasteiger partial charge in [-0.3, -0.25) is 14.5 Å². The van der Waals surface area contributed by atoms with Crippen LogP contribution < -0.4 is 14.8 Å². The number of methoxy groups -OCH3 is 1. The average molecular weight is 723 g/mol. The first-order chi connectivity index (χ1) is 24.0. The van der Waals surface area contributed by atoms with Crippen LogP contribution in [0.15, 0.2) is 48.5 Å². The Morgan fingerprint density at radius 1 is 1.08 bits per heavy atom. The summed E-state index contributed by atoms with van der Waals surface area (Å²) in [5.41, 5.74) is 7.00. The van der Waals surface area contributed by atoms with Crippen molar-refractivity contribution in [1.82, 2.24) is 19.4 Å². The number of nitrogens with one attached hydrogen (secondary N) is 1. The van der Waals surface area contributed by atoms with Crippen LogP contribution in [0.5, 0.6) is 11.5 Å². The Kier molecular flexibility index (Phi) is 9.51. The lowest BCUT2D eigenvalue weighted by molar-refractivity contribution is -0.142. The maximum absolute atomic E-state index is 14.1. The SMILES string of the molecule is COc1cc(OC2CCc3c(-c4cccc(NC(=O)c5nc6c(n5C)CCN(C)C6)c4Cl)cccc32)c(Cl)cc1CN1CC(F)CC1C(=O)O. The van der Waals surface area contributed by atoms with Crippen molar-refractivity contribution in [3.05, 3.63) is 92.5 Å². The zero-order valence-electron chi connectivity index (χ0n) is 28.0. The summed E-state index contributed by atoms with van der Waals surface area (Å²) in [6.07, 6.45) is 0.720. The molecule has 50 heavy (non-hydrogen) atoms. The molecule has 1 aromatic heterocycles. The largest absolute Gasteiger partial charge is 0.496 e. The second-order valence-corrected chi connectivity index (χ2v) is 14.0. The summed E-state index contributed by atoms with van der Waals surface area (Å²) >= 11 is 13.7. The lowest BCUT2D eigenvalue weighted by Gasteiger charge is -2.23. The van der Waals surface area contributed by atoms with E-state index in [-0.39, 0.29) is 31.5 Å². The number of nitrogens with zero attached hydrogens (tertiary/aromatic N) is 4. The average Bonchev–Trinajstić information content (AvgIpc) is 3.77. The predicted octanol–water partition coefficient (Wildman–Crippen LogP) is 6.71. The Morgan fingerprint density at radius 3 is 2.64 bits per heavy atom. The molecule has 3 heterocycles. The van der Waals surface area contributed by atoms with Crippen molar-refractivity contribution in [3.8, 4) is 22.6 Å². The van der Waals surface area contributed by atoms with Gasteiger partial charge >= 0.3 is 5.97 Å². The maximum atomic E-state index is 14.1.